The first-order chi connectivity index (χ1) is 13.2. The molecule has 0 saturated carbocycles. The van der Waals surface area contributed by atoms with Crippen molar-refractivity contribution in [1.82, 2.24) is 5.43 Å². The summed E-state index contributed by atoms with van der Waals surface area (Å²) in [5.74, 6) is 0.505. The molecule has 0 aliphatic rings. The minimum Gasteiger partial charge on any atom is -0.497 e. The third-order valence-electron chi connectivity index (χ3n) is 4.22. The molecule has 0 radical (unpaired) electrons. The molecule has 0 fully saturated rings. The maximum Gasteiger partial charge on any atom is 0.271 e. The lowest BCUT2D eigenvalue weighted by molar-refractivity contribution is 0.0955. The zero-order valence-corrected chi connectivity index (χ0v) is 16.0. The summed E-state index contributed by atoms with van der Waals surface area (Å²) in [6, 6.07) is 19.1. The van der Waals surface area contributed by atoms with E-state index in [0.29, 0.717) is 10.6 Å². The number of benzene rings is 3. The molecule has 4 nitrogen and oxygen atoms in total. The molecule has 134 valence electrons. The van der Waals surface area contributed by atoms with Crippen molar-refractivity contribution in [1.29, 1.82) is 0 Å². The van der Waals surface area contributed by atoms with Gasteiger partial charge in [0.05, 0.1) is 23.2 Å². The highest BCUT2D eigenvalue weighted by Crippen LogP contribution is 2.33. The Balaban J connectivity index is 1.52. The molecule has 1 heterocycles. The standard InChI is InChI=1S/C21H15ClN2O2S/c1-26-16-9-8-13-10-15(7-6-14(13)11-16)21(25)24-23-12-19-20(22)17-4-2-3-5-18(17)27-19/h2-12H,1H3,(H,24,25)/b23-12+. The van der Waals surface area contributed by atoms with Gasteiger partial charge in [0.1, 0.15) is 5.75 Å². The summed E-state index contributed by atoms with van der Waals surface area (Å²) in [4.78, 5) is 13.2. The van der Waals surface area contributed by atoms with E-state index < -0.39 is 0 Å². The smallest absolute Gasteiger partial charge is 0.271 e. The van der Waals surface area contributed by atoms with E-state index in [9.17, 15) is 4.79 Å². The Morgan fingerprint density at radius 2 is 1.89 bits per heavy atom. The molecule has 0 atom stereocenters. The number of rotatable bonds is 4. The summed E-state index contributed by atoms with van der Waals surface area (Å²) in [5.41, 5.74) is 3.09. The molecular formula is C21H15ClN2O2S. The van der Waals surface area contributed by atoms with Crippen LogP contribution in [0, 0.1) is 0 Å². The van der Waals surface area contributed by atoms with E-state index in [1.54, 1.807) is 19.4 Å². The molecule has 0 bridgehead atoms. The SMILES string of the molecule is COc1ccc2cc(C(=O)N/N=C/c3sc4ccccc4c3Cl)ccc2c1. The molecule has 0 aliphatic heterocycles. The van der Waals surface area contributed by atoms with Crippen LogP contribution >= 0.6 is 22.9 Å². The van der Waals surface area contributed by atoms with Crippen molar-refractivity contribution < 1.29 is 9.53 Å². The van der Waals surface area contributed by atoms with Crippen LogP contribution in [0.3, 0.4) is 0 Å². The summed E-state index contributed by atoms with van der Waals surface area (Å²) in [7, 11) is 1.63. The number of thiophene rings is 1. The highest BCUT2D eigenvalue weighted by molar-refractivity contribution is 7.21. The minimum absolute atomic E-state index is 0.277. The summed E-state index contributed by atoms with van der Waals surface area (Å²) in [6.45, 7) is 0. The van der Waals surface area contributed by atoms with Crippen molar-refractivity contribution in [2.45, 2.75) is 0 Å². The monoisotopic (exact) mass is 394 g/mol. The van der Waals surface area contributed by atoms with Crippen molar-refractivity contribution in [2.75, 3.05) is 7.11 Å². The van der Waals surface area contributed by atoms with Gasteiger partial charge in [0, 0.05) is 15.6 Å². The average molecular weight is 395 g/mol. The molecule has 6 heteroatoms. The lowest BCUT2D eigenvalue weighted by Crippen LogP contribution is -2.17. The Bertz CT molecular complexity index is 1180. The number of halogens is 1. The molecule has 1 aromatic heterocycles. The van der Waals surface area contributed by atoms with Crippen LogP contribution in [-0.2, 0) is 0 Å². The molecule has 27 heavy (non-hydrogen) atoms. The van der Waals surface area contributed by atoms with Crippen molar-refractivity contribution in [3.63, 3.8) is 0 Å². The number of hydrazone groups is 1. The largest absolute Gasteiger partial charge is 0.497 e. The predicted molar refractivity (Wildman–Crippen MR) is 112 cm³/mol. The van der Waals surface area contributed by atoms with Crippen LogP contribution in [0.25, 0.3) is 20.9 Å². The number of hydrogen-bond acceptors (Lipinski definition) is 4. The van der Waals surface area contributed by atoms with E-state index in [-0.39, 0.29) is 5.91 Å². The van der Waals surface area contributed by atoms with Crippen molar-refractivity contribution in [3.05, 3.63) is 76.1 Å². The van der Waals surface area contributed by atoms with Crippen LogP contribution in [0.15, 0.2) is 65.8 Å². The fourth-order valence-corrected chi connectivity index (χ4v) is 4.18. The third-order valence-corrected chi connectivity index (χ3v) is 5.84. The number of methoxy groups -OCH3 is 1. The fraction of sp³-hybridized carbons (Fsp3) is 0.0476. The van der Waals surface area contributed by atoms with E-state index in [1.807, 2.05) is 54.6 Å². The molecule has 0 aliphatic carbocycles. The van der Waals surface area contributed by atoms with Gasteiger partial charge in [0.25, 0.3) is 5.91 Å². The van der Waals surface area contributed by atoms with Crippen LogP contribution < -0.4 is 10.2 Å². The number of nitrogens with zero attached hydrogens (tertiary/aromatic N) is 1. The van der Waals surface area contributed by atoms with Gasteiger partial charge in [-0.15, -0.1) is 11.3 Å². The maximum atomic E-state index is 12.4. The number of carbonyl (C=O) groups is 1. The van der Waals surface area contributed by atoms with Crippen LogP contribution in [0.2, 0.25) is 5.02 Å². The Hall–Kier alpha value is -2.89. The Kier molecular flexibility index (Phi) is 4.79. The number of fused-ring (bicyclic) bond motifs is 2. The second-order valence-electron chi connectivity index (χ2n) is 5.90. The molecule has 0 unspecified atom stereocenters. The van der Waals surface area contributed by atoms with Gasteiger partial charge in [-0.1, -0.05) is 41.9 Å². The first-order valence-corrected chi connectivity index (χ1v) is 9.43. The van der Waals surface area contributed by atoms with Gasteiger partial charge in [-0.05, 0) is 41.1 Å². The second kappa shape index (κ2) is 7.39. The van der Waals surface area contributed by atoms with Crippen LogP contribution in [0.1, 0.15) is 15.2 Å². The van der Waals surface area contributed by atoms with Gasteiger partial charge < -0.3 is 4.74 Å². The molecule has 3 aromatic carbocycles. The van der Waals surface area contributed by atoms with E-state index in [4.69, 9.17) is 16.3 Å². The van der Waals surface area contributed by atoms with E-state index in [0.717, 1.165) is 31.5 Å². The zero-order chi connectivity index (χ0) is 18.8. The molecule has 0 spiro atoms. The maximum absolute atomic E-state index is 12.4. The van der Waals surface area contributed by atoms with Crippen LogP contribution in [0.4, 0.5) is 0 Å². The number of nitrogens with one attached hydrogen (secondary N) is 1. The first-order valence-electron chi connectivity index (χ1n) is 8.24. The highest BCUT2D eigenvalue weighted by Gasteiger charge is 2.09. The van der Waals surface area contributed by atoms with Gasteiger partial charge in [-0.2, -0.15) is 5.10 Å². The predicted octanol–water partition coefficient (Wildman–Crippen LogP) is 5.48. The van der Waals surface area contributed by atoms with Crippen LogP contribution in [0.5, 0.6) is 5.75 Å². The quantitative estimate of drug-likeness (QED) is 0.368. The number of carbonyl (C=O) groups excluding carboxylic acids is 1. The highest BCUT2D eigenvalue weighted by atomic mass is 35.5. The molecule has 0 saturated heterocycles. The van der Waals surface area contributed by atoms with Crippen LogP contribution in [-0.4, -0.2) is 19.2 Å². The van der Waals surface area contributed by atoms with Crippen molar-refractivity contribution >= 4 is 55.9 Å². The normalized spacial score (nSPS) is 11.3. The Morgan fingerprint density at radius 3 is 2.70 bits per heavy atom. The lowest BCUT2D eigenvalue weighted by atomic mass is 10.1. The first kappa shape index (κ1) is 17.5. The molecule has 1 N–H and O–H groups in total. The van der Waals surface area contributed by atoms with E-state index >= 15 is 0 Å². The Morgan fingerprint density at radius 1 is 1.11 bits per heavy atom. The minimum atomic E-state index is -0.277. The summed E-state index contributed by atoms with van der Waals surface area (Å²) < 4.78 is 6.30. The van der Waals surface area contributed by atoms with E-state index in [1.165, 1.54) is 11.3 Å². The third kappa shape index (κ3) is 3.52. The van der Waals surface area contributed by atoms with E-state index in [2.05, 4.69) is 10.5 Å². The van der Waals surface area contributed by atoms with Crippen molar-refractivity contribution in [3.8, 4) is 5.75 Å². The molecular weight excluding hydrogens is 380 g/mol. The van der Waals surface area contributed by atoms with Gasteiger partial charge in [-0.25, -0.2) is 5.43 Å². The van der Waals surface area contributed by atoms with Gasteiger partial charge in [0.15, 0.2) is 0 Å². The zero-order valence-electron chi connectivity index (χ0n) is 14.4. The topological polar surface area (TPSA) is 50.7 Å². The lowest BCUT2D eigenvalue weighted by Gasteiger charge is -2.05. The van der Waals surface area contributed by atoms with Crippen molar-refractivity contribution in [2.24, 2.45) is 5.10 Å². The average Bonchev–Trinajstić information content (AvgIpc) is 3.03. The molecule has 4 aromatic rings. The summed E-state index contributed by atoms with van der Waals surface area (Å²) >= 11 is 7.91. The fourth-order valence-electron chi connectivity index (χ4n) is 2.82. The second-order valence-corrected chi connectivity index (χ2v) is 7.37. The van der Waals surface area contributed by atoms with Gasteiger partial charge >= 0.3 is 0 Å². The molecule has 4 rings (SSSR count). The number of amides is 1. The van der Waals surface area contributed by atoms with Gasteiger partial charge in [0.2, 0.25) is 0 Å². The number of hydrogen-bond donors (Lipinski definition) is 1. The Labute approximate surface area is 165 Å². The molecule has 1 amide bonds. The number of ether oxygens (including phenoxy) is 1. The van der Waals surface area contributed by atoms with Gasteiger partial charge in [-0.3, -0.25) is 4.79 Å². The summed E-state index contributed by atoms with van der Waals surface area (Å²) in [5, 5.41) is 7.66. The summed E-state index contributed by atoms with van der Waals surface area (Å²) in [6.07, 6.45) is 1.58.